The average Bonchev–Trinajstić information content (AvgIpc) is 3.06. The van der Waals surface area contributed by atoms with Crippen molar-refractivity contribution in [2.75, 3.05) is 6.54 Å². The van der Waals surface area contributed by atoms with Gasteiger partial charge >= 0.3 is 0 Å². The molecule has 1 atom stereocenters. The van der Waals surface area contributed by atoms with E-state index in [-0.39, 0.29) is 0 Å². The second-order valence-electron chi connectivity index (χ2n) is 6.65. The van der Waals surface area contributed by atoms with Crippen molar-refractivity contribution in [3.05, 3.63) is 18.0 Å². The first kappa shape index (κ1) is 15.6. The molecule has 1 aliphatic rings. The van der Waals surface area contributed by atoms with Crippen LogP contribution in [-0.2, 0) is 6.42 Å². The Hall–Kier alpha value is -0.830. The summed E-state index contributed by atoms with van der Waals surface area (Å²) in [5.74, 6) is 0.717. The molecule has 1 saturated carbocycles. The van der Waals surface area contributed by atoms with Crippen molar-refractivity contribution < 1.29 is 0 Å². The fraction of sp³-hybridized carbons (Fsp3) is 0.824. The van der Waals surface area contributed by atoms with Crippen molar-refractivity contribution in [1.82, 2.24) is 15.1 Å². The van der Waals surface area contributed by atoms with Gasteiger partial charge in [0.1, 0.15) is 0 Å². The van der Waals surface area contributed by atoms with E-state index >= 15 is 0 Å². The van der Waals surface area contributed by atoms with Crippen LogP contribution in [0.4, 0.5) is 0 Å². The molecule has 3 nitrogen and oxygen atoms in total. The van der Waals surface area contributed by atoms with Gasteiger partial charge in [0.2, 0.25) is 0 Å². The van der Waals surface area contributed by atoms with Gasteiger partial charge < -0.3 is 5.32 Å². The largest absolute Gasteiger partial charge is 0.314 e. The summed E-state index contributed by atoms with van der Waals surface area (Å²) in [5.41, 5.74) is 1.28. The van der Waals surface area contributed by atoms with E-state index in [9.17, 15) is 0 Å². The normalized spacial score (nSPS) is 18.0. The SMILES string of the molecule is CCCC(CNC(C)C)Cc1ccn(C2CCCC2)n1. The zero-order chi connectivity index (χ0) is 14.4. The second kappa shape index (κ2) is 7.82. The highest BCUT2D eigenvalue weighted by Crippen LogP contribution is 2.29. The van der Waals surface area contributed by atoms with E-state index in [1.54, 1.807) is 0 Å². The number of hydrogen-bond donors (Lipinski definition) is 1. The second-order valence-corrected chi connectivity index (χ2v) is 6.65. The standard InChI is InChI=1S/C17H31N3/c1-4-7-15(13-18-14(2)3)12-16-10-11-20(19-16)17-8-5-6-9-17/h10-11,14-15,17-18H,4-9,12-13H2,1-3H3. The lowest BCUT2D eigenvalue weighted by Crippen LogP contribution is -2.30. The molecule has 0 saturated heterocycles. The zero-order valence-corrected chi connectivity index (χ0v) is 13.4. The summed E-state index contributed by atoms with van der Waals surface area (Å²) in [6, 6.07) is 3.48. The summed E-state index contributed by atoms with van der Waals surface area (Å²) in [4.78, 5) is 0. The molecule has 1 aromatic rings. The van der Waals surface area contributed by atoms with E-state index in [0.29, 0.717) is 18.0 Å². The van der Waals surface area contributed by atoms with Crippen LogP contribution in [0.5, 0.6) is 0 Å². The monoisotopic (exact) mass is 277 g/mol. The number of nitrogens with zero attached hydrogens (tertiary/aromatic N) is 2. The van der Waals surface area contributed by atoms with Crippen LogP contribution in [-0.4, -0.2) is 22.4 Å². The smallest absolute Gasteiger partial charge is 0.0627 e. The predicted molar refractivity (Wildman–Crippen MR) is 85.0 cm³/mol. The van der Waals surface area contributed by atoms with Gasteiger partial charge in [-0.1, -0.05) is 40.0 Å². The molecule has 0 aliphatic heterocycles. The Balaban J connectivity index is 1.88. The molecule has 20 heavy (non-hydrogen) atoms. The van der Waals surface area contributed by atoms with Gasteiger partial charge in [0.15, 0.2) is 0 Å². The Kier molecular flexibility index (Phi) is 6.08. The van der Waals surface area contributed by atoms with E-state index < -0.39 is 0 Å². The lowest BCUT2D eigenvalue weighted by Gasteiger charge is -2.18. The summed E-state index contributed by atoms with van der Waals surface area (Å²) >= 11 is 0. The average molecular weight is 277 g/mol. The Morgan fingerprint density at radius 3 is 2.75 bits per heavy atom. The first-order valence-corrected chi connectivity index (χ1v) is 8.46. The van der Waals surface area contributed by atoms with Crippen molar-refractivity contribution in [3.8, 4) is 0 Å². The van der Waals surface area contributed by atoms with Crippen LogP contribution >= 0.6 is 0 Å². The molecule has 1 heterocycles. The topological polar surface area (TPSA) is 29.9 Å². The Labute approximate surface area is 124 Å². The molecular formula is C17H31N3. The van der Waals surface area contributed by atoms with Gasteiger partial charge in [-0.25, -0.2) is 0 Å². The predicted octanol–water partition coefficient (Wildman–Crippen LogP) is 3.96. The number of rotatable bonds is 8. The fourth-order valence-electron chi connectivity index (χ4n) is 3.24. The highest BCUT2D eigenvalue weighted by Gasteiger charge is 2.18. The zero-order valence-electron chi connectivity index (χ0n) is 13.4. The summed E-state index contributed by atoms with van der Waals surface area (Å²) in [6.07, 6.45) is 11.2. The number of hydrogen-bond acceptors (Lipinski definition) is 2. The van der Waals surface area contributed by atoms with E-state index in [0.717, 1.165) is 13.0 Å². The number of aromatic nitrogens is 2. The van der Waals surface area contributed by atoms with Crippen LogP contribution in [0, 0.1) is 5.92 Å². The van der Waals surface area contributed by atoms with Crippen molar-refractivity contribution in [2.24, 2.45) is 5.92 Å². The third kappa shape index (κ3) is 4.62. The molecule has 3 heteroatoms. The molecule has 1 aromatic heterocycles. The van der Waals surface area contributed by atoms with Gasteiger partial charge in [-0.2, -0.15) is 5.10 Å². The van der Waals surface area contributed by atoms with Crippen molar-refractivity contribution >= 4 is 0 Å². The number of nitrogens with one attached hydrogen (secondary N) is 1. The van der Waals surface area contributed by atoms with Crippen LogP contribution in [0.15, 0.2) is 12.3 Å². The molecule has 1 N–H and O–H groups in total. The Morgan fingerprint density at radius 1 is 1.35 bits per heavy atom. The molecule has 1 unspecified atom stereocenters. The minimum atomic E-state index is 0.574. The quantitative estimate of drug-likeness (QED) is 0.779. The van der Waals surface area contributed by atoms with Crippen LogP contribution in [0.25, 0.3) is 0 Å². The molecule has 0 spiro atoms. The highest BCUT2D eigenvalue weighted by molar-refractivity contribution is 5.02. The van der Waals surface area contributed by atoms with Gasteiger partial charge in [-0.05, 0) is 44.2 Å². The van der Waals surface area contributed by atoms with Gasteiger partial charge in [0.05, 0.1) is 11.7 Å². The molecule has 1 aliphatic carbocycles. The van der Waals surface area contributed by atoms with Crippen LogP contribution in [0.2, 0.25) is 0 Å². The maximum absolute atomic E-state index is 4.83. The summed E-state index contributed by atoms with van der Waals surface area (Å²) in [5, 5.41) is 8.41. The molecule has 114 valence electrons. The molecule has 0 aromatic carbocycles. The van der Waals surface area contributed by atoms with Gasteiger partial charge in [-0.3, -0.25) is 4.68 Å². The molecule has 0 bridgehead atoms. The van der Waals surface area contributed by atoms with Gasteiger partial charge in [0.25, 0.3) is 0 Å². The van der Waals surface area contributed by atoms with Crippen LogP contribution in [0.1, 0.15) is 71.0 Å². The first-order valence-electron chi connectivity index (χ1n) is 8.46. The van der Waals surface area contributed by atoms with Crippen LogP contribution in [0.3, 0.4) is 0 Å². The summed E-state index contributed by atoms with van der Waals surface area (Å²) in [7, 11) is 0. The minimum absolute atomic E-state index is 0.574. The maximum atomic E-state index is 4.83. The molecule has 1 fully saturated rings. The van der Waals surface area contributed by atoms with Crippen molar-refractivity contribution in [1.29, 1.82) is 0 Å². The lowest BCUT2D eigenvalue weighted by molar-refractivity contribution is 0.408. The van der Waals surface area contributed by atoms with E-state index in [4.69, 9.17) is 5.10 Å². The van der Waals surface area contributed by atoms with Crippen LogP contribution < -0.4 is 5.32 Å². The van der Waals surface area contributed by atoms with Gasteiger partial charge in [0, 0.05) is 12.2 Å². The van der Waals surface area contributed by atoms with E-state index in [2.05, 4.69) is 43.0 Å². The summed E-state index contributed by atoms with van der Waals surface area (Å²) in [6.45, 7) is 7.83. The fourth-order valence-corrected chi connectivity index (χ4v) is 3.24. The van der Waals surface area contributed by atoms with Crippen molar-refractivity contribution in [2.45, 2.75) is 77.8 Å². The van der Waals surface area contributed by atoms with E-state index in [1.807, 2.05) is 0 Å². The van der Waals surface area contributed by atoms with E-state index in [1.165, 1.54) is 44.2 Å². The maximum Gasteiger partial charge on any atom is 0.0627 e. The third-order valence-electron chi connectivity index (χ3n) is 4.37. The Morgan fingerprint density at radius 2 is 2.10 bits per heavy atom. The first-order chi connectivity index (χ1) is 9.69. The van der Waals surface area contributed by atoms with Gasteiger partial charge in [-0.15, -0.1) is 0 Å². The molecular weight excluding hydrogens is 246 g/mol. The van der Waals surface area contributed by atoms with Crippen molar-refractivity contribution in [3.63, 3.8) is 0 Å². The highest BCUT2D eigenvalue weighted by atomic mass is 15.3. The molecule has 0 radical (unpaired) electrons. The third-order valence-corrected chi connectivity index (χ3v) is 4.37. The Bertz CT molecular complexity index is 377. The summed E-state index contributed by atoms with van der Waals surface area (Å²) < 4.78 is 2.22. The molecule has 2 rings (SSSR count). The minimum Gasteiger partial charge on any atom is -0.314 e. The molecule has 0 amide bonds. The lowest BCUT2D eigenvalue weighted by atomic mass is 9.98.